The van der Waals surface area contributed by atoms with Gasteiger partial charge >= 0.3 is 6.16 Å². The molecule has 10 heteroatoms. The molecule has 0 bridgehead atoms. The fourth-order valence-electron chi connectivity index (χ4n) is 4.66. The Hall–Kier alpha value is -2.63. The summed E-state index contributed by atoms with van der Waals surface area (Å²) in [7, 11) is 1.16. The molecule has 4 rings (SSSR count). The van der Waals surface area contributed by atoms with Crippen LogP contribution in [0.5, 0.6) is 5.75 Å². The standard InChI is InChI=1S/C26H35NO9/c1-4-16-5-7-17(8-6-16)11-19-15(2)27(18-9-10-33-13-18)12-20(19)35-25-24(30)23(29)22(28)21(36-25)14-34-26(31)32-3/h5-8,12,18,21-25,28-30H,4,9-11,13-14H2,1-3H3/t18?,21-,22-,23+,24-,25-/m1/s1. The SMILES string of the molecule is CCc1ccc(Cc2c(O[C@@H]3O[C@H](COC(=O)OC)[C@@H](O)[C@H](O)[C@H]3O)cn(C3CCOC3)c2C)cc1. The van der Waals surface area contributed by atoms with Crippen molar-refractivity contribution in [2.45, 2.75) is 69.9 Å². The van der Waals surface area contributed by atoms with E-state index in [9.17, 15) is 20.1 Å². The molecule has 2 aliphatic heterocycles. The molecule has 2 fully saturated rings. The highest BCUT2D eigenvalue weighted by Gasteiger charge is 2.46. The molecule has 1 aromatic carbocycles. The predicted molar refractivity (Wildman–Crippen MR) is 128 cm³/mol. The number of aliphatic hydroxyl groups excluding tert-OH is 3. The Morgan fingerprint density at radius 1 is 1.11 bits per heavy atom. The number of hydrogen-bond donors (Lipinski definition) is 3. The fraction of sp³-hybridized carbons (Fsp3) is 0.577. The van der Waals surface area contributed by atoms with Crippen LogP contribution in [0.4, 0.5) is 4.79 Å². The summed E-state index contributed by atoms with van der Waals surface area (Å²) in [6, 6.07) is 8.54. The van der Waals surface area contributed by atoms with Crippen molar-refractivity contribution in [3.05, 3.63) is 52.8 Å². The summed E-state index contributed by atoms with van der Waals surface area (Å²) in [5, 5.41) is 31.4. The minimum absolute atomic E-state index is 0.161. The molecule has 6 atom stereocenters. The number of carbonyl (C=O) groups is 1. The van der Waals surface area contributed by atoms with Gasteiger partial charge in [-0.3, -0.25) is 0 Å². The molecule has 0 amide bonds. The molecule has 3 heterocycles. The van der Waals surface area contributed by atoms with E-state index in [1.165, 1.54) is 5.56 Å². The summed E-state index contributed by atoms with van der Waals surface area (Å²) < 4.78 is 28.9. The number of carbonyl (C=O) groups excluding carboxylic acids is 1. The summed E-state index contributed by atoms with van der Waals surface area (Å²) in [5.74, 6) is 0.499. The normalized spacial score (nSPS) is 28.2. The van der Waals surface area contributed by atoms with Crippen LogP contribution in [0.1, 0.15) is 41.8 Å². The van der Waals surface area contributed by atoms with Gasteiger partial charge in [0.25, 0.3) is 0 Å². The highest BCUT2D eigenvalue weighted by molar-refractivity contribution is 5.59. The van der Waals surface area contributed by atoms with Gasteiger partial charge in [0, 0.05) is 30.5 Å². The summed E-state index contributed by atoms with van der Waals surface area (Å²) in [6.07, 6.45) is -3.65. The summed E-state index contributed by atoms with van der Waals surface area (Å²) in [4.78, 5) is 11.4. The Balaban J connectivity index is 1.59. The van der Waals surface area contributed by atoms with E-state index in [1.807, 2.05) is 13.1 Å². The van der Waals surface area contributed by atoms with Gasteiger partial charge in [-0.15, -0.1) is 0 Å². The third-order valence-corrected chi connectivity index (χ3v) is 6.93. The second kappa shape index (κ2) is 11.6. The first-order valence-corrected chi connectivity index (χ1v) is 12.2. The Morgan fingerprint density at radius 2 is 1.83 bits per heavy atom. The zero-order chi connectivity index (χ0) is 25.8. The van der Waals surface area contributed by atoms with E-state index < -0.39 is 36.9 Å². The van der Waals surface area contributed by atoms with Crippen LogP contribution in [0.25, 0.3) is 0 Å². The number of hydrogen-bond acceptors (Lipinski definition) is 9. The van der Waals surface area contributed by atoms with Gasteiger partial charge in [-0.1, -0.05) is 31.2 Å². The molecule has 2 aromatic rings. The molecule has 0 saturated carbocycles. The number of benzene rings is 1. The number of methoxy groups -OCH3 is 1. The van der Waals surface area contributed by atoms with Crippen molar-refractivity contribution in [2.24, 2.45) is 0 Å². The molecule has 1 unspecified atom stereocenters. The molecular formula is C26H35NO9. The fourth-order valence-corrected chi connectivity index (χ4v) is 4.66. The first kappa shape index (κ1) is 26.4. The van der Waals surface area contributed by atoms with Gasteiger partial charge in [-0.25, -0.2) is 4.79 Å². The lowest BCUT2D eigenvalue weighted by molar-refractivity contribution is -0.277. The number of ether oxygens (including phenoxy) is 5. The molecule has 36 heavy (non-hydrogen) atoms. The van der Waals surface area contributed by atoms with Crippen molar-refractivity contribution < 1.29 is 43.8 Å². The molecule has 0 spiro atoms. The van der Waals surface area contributed by atoms with Gasteiger partial charge in [0.2, 0.25) is 6.29 Å². The van der Waals surface area contributed by atoms with Crippen LogP contribution in [0, 0.1) is 6.92 Å². The molecule has 10 nitrogen and oxygen atoms in total. The van der Waals surface area contributed by atoms with Gasteiger partial charge in [-0.2, -0.15) is 0 Å². The van der Waals surface area contributed by atoms with Crippen LogP contribution in [0.2, 0.25) is 0 Å². The Kier molecular flexibility index (Phi) is 8.53. The number of rotatable bonds is 8. The topological polar surface area (TPSA) is 129 Å². The third-order valence-electron chi connectivity index (χ3n) is 6.93. The third kappa shape index (κ3) is 5.68. The zero-order valence-corrected chi connectivity index (χ0v) is 20.8. The van der Waals surface area contributed by atoms with E-state index in [1.54, 1.807) is 0 Å². The largest absolute Gasteiger partial charge is 0.508 e. The van der Waals surface area contributed by atoms with Crippen molar-refractivity contribution in [1.82, 2.24) is 4.57 Å². The van der Waals surface area contributed by atoms with Crippen molar-refractivity contribution in [2.75, 3.05) is 26.9 Å². The van der Waals surface area contributed by atoms with E-state index in [0.717, 1.165) is 36.8 Å². The van der Waals surface area contributed by atoms with Crippen LogP contribution in [-0.2, 0) is 31.8 Å². The maximum atomic E-state index is 11.4. The predicted octanol–water partition coefficient (Wildman–Crippen LogP) is 1.88. The molecule has 3 N–H and O–H groups in total. The molecule has 2 aliphatic rings. The van der Waals surface area contributed by atoms with E-state index >= 15 is 0 Å². The average molecular weight is 506 g/mol. The van der Waals surface area contributed by atoms with Crippen molar-refractivity contribution in [3.8, 4) is 5.75 Å². The number of nitrogens with zero attached hydrogens (tertiary/aromatic N) is 1. The maximum Gasteiger partial charge on any atom is 0.508 e. The number of aliphatic hydroxyl groups is 3. The van der Waals surface area contributed by atoms with E-state index in [2.05, 4.69) is 40.5 Å². The average Bonchev–Trinajstić information content (AvgIpc) is 3.52. The molecule has 2 saturated heterocycles. The maximum absolute atomic E-state index is 11.4. The van der Waals surface area contributed by atoms with Crippen LogP contribution < -0.4 is 4.74 Å². The molecule has 198 valence electrons. The van der Waals surface area contributed by atoms with Crippen LogP contribution in [-0.4, -0.2) is 83.7 Å². The lowest BCUT2D eigenvalue weighted by Crippen LogP contribution is -2.60. The molecule has 0 radical (unpaired) electrons. The van der Waals surface area contributed by atoms with Gasteiger partial charge in [0.1, 0.15) is 36.8 Å². The van der Waals surface area contributed by atoms with Gasteiger partial charge in [-0.05, 0) is 30.9 Å². The smallest absolute Gasteiger partial charge is 0.460 e. The summed E-state index contributed by atoms with van der Waals surface area (Å²) in [5.41, 5.74) is 4.28. The summed E-state index contributed by atoms with van der Waals surface area (Å²) in [6.45, 7) is 5.03. The van der Waals surface area contributed by atoms with Crippen molar-refractivity contribution in [3.63, 3.8) is 0 Å². The molecule has 1 aromatic heterocycles. The monoisotopic (exact) mass is 505 g/mol. The van der Waals surface area contributed by atoms with Crippen molar-refractivity contribution >= 4 is 6.16 Å². The lowest BCUT2D eigenvalue weighted by atomic mass is 9.99. The van der Waals surface area contributed by atoms with Crippen molar-refractivity contribution in [1.29, 1.82) is 0 Å². The van der Waals surface area contributed by atoms with Crippen LogP contribution >= 0.6 is 0 Å². The Labute approximate surface area is 210 Å². The second-order valence-electron chi connectivity index (χ2n) is 9.23. The molecule has 0 aliphatic carbocycles. The first-order valence-electron chi connectivity index (χ1n) is 12.2. The van der Waals surface area contributed by atoms with E-state index in [-0.39, 0.29) is 12.6 Å². The van der Waals surface area contributed by atoms with Gasteiger partial charge < -0.3 is 43.6 Å². The minimum Gasteiger partial charge on any atom is -0.460 e. The number of aromatic nitrogens is 1. The van der Waals surface area contributed by atoms with E-state index in [4.69, 9.17) is 18.9 Å². The number of aryl methyl sites for hydroxylation is 1. The van der Waals surface area contributed by atoms with E-state index in [0.29, 0.717) is 25.4 Å². The first-order chi connectivity index (χ1) is 17.3. The Morgan fingerprint density at radius 3 is 2.47 bits per heavy atom. The van der Waals surface area contributed by atoms with Crippen LogP contribution in [0.15, 0.2) is 30.5 Å². The zero-order valence-electron chi connectivity index (χ0n) is 20.8. The minimum atomic E-state index is -1.56. The van der Waals surface area contributed by atoms with Crippen LogP contribution in [0.3, 0.4) is 0 Å². The Bertz CT molecular complexity index is 1020. The lowest BCUT2D eigenvalue weighted by Gasteiger charge is -2.39. The van der Waals surface area contributed by atoms with Gasteiger partial charge in [0.05, 0.1) is 19.8 Å². The summed E-state index contributed by atoms with van der Waals surface area (Å²) >= 11 is 0. The second-order valence-corrected chi connectivity index (χ2v) is 9.23. The quantitative estimate of drug-likeness (QED) is 0.461. The van der Waals surface area contributed by atoms with Gasteiger partial charge in [0.15, 0.2) is 0 Å². The molecular weight excluding hydrogens is 470 g/mol. The highest BCUT2D eigenvalue weighted by Crippen LogP contribution is 2.35. The highest BCUT2D eigenvalue weighted by atomic mass is 16.7.